The highest BCUT2D eigenvalue weighted by Crippen LogP contribution is 2.48. The molecule has 8 heterocycles. The second-order valence-electron chi connectivity index (χ2n) is 38.2. The zero-order chi connectivity index (χ0) is 95.5. The van der Waals surface area contributed by atoms with Crippen LogP contribution in [0.1, 0.15) is 0 Å². The number of fused-ring (bicyclic) bond motifs is 30. The van der Waals surface area contributed by atoms with Gasteiger partial charge < -0.3 is 13.6 Å². The van der Waals surface area contributed by atoms with Crippen molar-refractivity contribution in [2.24, 2.45) is 0 Å². The number of thiophene rings is 1. The average molecular weight is 1880 g/mol. The molecule has 32 aromatic rings. The first-order valence-corrected chi connectivity index (χ1v) is 50.3. The Morgan fingerprint density at radius 3 is 0.788 bits per heavy atom. The molecular formula is C134H78N10OS. The van der Waals surface area contributed by atoms with Crippen LogP contribution in [0.15, 0.2) is 478 Å². The molecule has 0 saturated heterocycles. The number of benzene rings is 24. The van der Waals surface area contributed by atoms with Crippen LogP contribution in [0.25, 0.3) is 307 Å². The lowest BCUT2D eigenvalue weighted by Crippen LogP contribution is -2.07. The van der Waals surface area contributed by atoms with Crippen LogP contribution in [-0.4, -0.2) is 48.2 Å². The molecule has 11 nitrogen and oxygen atoms in total. The number of para-hydroxylation sites is 5. The molecule has 0 atom stereocenters. The number of rotatable bonds is 10. The summed E-state index contributed by atoms with van der Waals surface area (Å²) < 4.78 is 18.1. The predicted molar refractivity (Wildman–Crippen MR) is 610 cm³/mol. The molecule has 0 amide bonds. The fourth-order valence-electron chi connectivity index (χ4n) is 23.7. The maximum Gasteiger partial charge on any atom is 0.238 e. The minimum atomic E-state index is 0.560. The normalized spacial score (nSPS) is 12.1. The van der Waals surface area contributed by atoms with Gasteiger partial charge in [0.1, 0.15) is 11.2 Å². The van der Waals surface area contributed by atoms with Gasteiger partial charge in [-0.25, -0.2) is 9.97 Å². The molecule has 0 spiro atoms. The molecule has 12 heteroatoms. The summed E-state index contributed by atoms with van der Waals surface area (Å²) in [5, 5.41) is 32.5. The van der Waals surface area contributed by atoms with E-state index in [1.54, 1.807) is 0 Å². The predicted octanol–water partition coefficient (Wildman–Crippen LogP) is 35.6. The van der Waals surface area contributed by atoms with Crippen molar-refractivity contribution in [3.63, 3.8) is 0 Å². The standard InChI is InChI=1S/C67H39N5O.C67H39N5S/c2*1-3-17-45-42(15-1)37-57(49-21-7-5-19-47(45)49)65-68-66(58-38-43-16-2-4-18-46(43)48-20-6-8-22-50(48)58)70-67(69-65)72-60-27-13-10-24-52(60)55-36-41(30-33-62(55)72)40-29-32-61-54(35-40)51-23-9-12-26-59(51)71(61)44-31-34-64-56(39-44)53-25-11-14-28-63(53)73-64/h2*1-39H. The van der Waals surface area contributed by atoms with Crippen LogP contribution in [0.5, 0.6) is 0 Å². The van der Waals surface area contributed by atoms with E-state index in [1.807, 2.05) is 23.5 Å². The van der Waals surface area contributed by atoms with Crippen LogP contribution in [-0.2, 0) is 0 Å². The lowest BCUT2D eigenvalue weighted by atomic mass is 9.96. The van der Waals surface area contributed by atoms with Gasteiger partial charge >= 0.3 is 0 Å². The lowest BCUT2D eigenvalue weighted by molar-refractivity contribution is 0.669. The number of hydrogen-bond acceptors (Lipinski definition) is 8. The average Bonchev–Trinajstić information content (AvgIpc) is 1.53. The topological polar surface area (TPSA) is 110 Å². The molecule has 32 rings (SSSR count). The molecule has 0 aliphatic rings. The SMILES string of the molecule is c1ccc2c(c1)cc(-c1nc(-c3cc4ccccc4c4ccccc34)nc(-n3c4ccccc4c4cc(-c5ccc6c(c5)c5ccccc5n6-c5ccc6oc7ccccc7c6c5)ccc43)n1)c1ccccc12.c1ccc2c(c1)cc(-c1nc(-c3cc4ccccc4c4ccccc34)nc(-n3c4ccccc4c4cc(-c5ccc6c(c5)c5ccccc5n6-c5ccc6sc7ccccc7c6c5)ccc43)n1)c1ccccc12. The molecule has 0 unspecified atom stereocenters. The highest BCUT2D eigenvalue weighted by molar-refractivity contribution is 7.25. The first kappa shape index (κ1) is 81.4. The summed E-state index contributed by atoms with van der Waals surface area (Å²) in [5.41, 5.74) is 21.2. The van der Waals surface area contributed by atoms with Crippen molar-refractivity contribution in [2.75, 3.05) is 0 Å². The molecule has 0 aliphatic carbocycles. The van der Waals surface area contributed by atoms with Gasteiger partial charge in [-0.3, -0.25) is 9.13 Å². The van der Waals surface area contributed by atoms with Gasteiger partial charge in [0.15, 0.2) is 23.3 Å². The van der Waals surface area contributed by atoms with Gasteiger partial charge in [0.05, 0.1) is 44.1 Å². The lowest BCUT2D eigenvalue weighted by Gasteiger charge is -2.15. The summed E-state index contributed by atoms with van der Waals surface area (Å²) in [7, 11) is 0. The van der Waals surface area contributed by atoms with Crippen LogP contribution in [0.2, 0.25) is 0 Å². The molecule has 0 bridgehead atoms. The third-order valence-corrected chi connectivity index (χ3v) is 31.4. The van der Waals surface area contributed by atoms with Gasteiger partial charge in [-0.05, 0) is 254 Å². The third kappa shape index (κ3) is 12.6. The van der Waals surface area contributed by atoms with Crippen LogP contribution in [0.3, 0.4) is 0 Å². The summed E-state index contributed by atoms with van der Waals surface area (Å²) in [6.07, 6.45) is 0. The van der Waals surface area contributed by atoms with E-state index in [2.05, 4.69) is 479 Å². The number of hydrogen-bond donors (Lipinski definition) is 0. The van der Waals surface area contributed by atoms with Crippen LogP contribution in [0, 0.1) is 0 Å². The molecule has 8 aromatic heterocycles. The van der Waals surface area contributed by atoms with Gasteiger partial charge in [-0.1, -0.05) is 328 Å². The highest BCUT2D eigenvalue weighted by atomic mass is 32.1. The van der Waals surface area contributed by atoms with Crippen molar-refractivity contribution in [1.82, 2.24) is 48.2 Å². The van der Waals surface area contributed by atoms with E-state index < -0.39 is 0 Å². The van der Waals surface area contributed by atoms with E-state index >= 15 is 0 Å². The largest absolute Gasteiger partial charge is 0.456 e. The summed E-state index contributed by atoms with van der Waals surface area (Å²) >= 11 is 1.86. The van der Waals surface area contributed by atoms with Gasteiger partial charge in [-0.2, -0.15) is 19.9 Å². The zero-order valence-corrected chi connectivity index (χ0v) is 79.1. The molecule has 0 N–H and O–H groups in total. The molecule has 0 saturated carbocycles. The van der Waals surface area contributed by atoms with E-state index in [1.165, 1.54) is 74.3 Å². The third-order valence-electron chi connectivity index (χ3n) is 30.3. The Bertz CT molecular complexity index is 10400. The fourth-order valence-corrected chi connectivity index (χ4v) is 24.8. The quantitative estimate of drug-likeness (QED) is 0.125. The van der Waals surface area contributed by atoms with Crippen molar-refractivity contribution < 1.29 is 4.42 Å². The van der Waals surface area contributed by atoms with Gasteiger partial charge in [0.25, 0.3) is 0 Å². The summed E-state index contributed by atoms with van der Waals surface area (Å²) in [6, 6.07) is 170. The summed E-state index contributed by atoms with van der Waals surface area (Å²) in [6.45, 7) is 0. The van der Waals surface area contributed by atoms with Gasteiger partial charge in [-0.15, -0.1) is 11.3 Å². The molecule has 676 valence electrons. The fraction of sp³-hybridized carbons (Fsp3) is 0. The van der Waals surface area contributed by atoms with Crippen molar-refractivity contribution in [1.29, 1.82) is 0 Å². The Morgan fingerprint density at radius 2 is 0.418 bits per heavy atom. The molecule has 0 fully saturated rings. The van der Waals surface area contributed by atoms with Gasteiger partial charge in [0, 0.05) is 108 Å². The molecule has 146 heavy (non-hydrogen) atoms. The Morgan fingerprint density at radius 1 is 0.158 bits per heavy atom. The first-order chi connectivity index (χ1) is 72.4. The maximum atomic E-state index is 6.23. The molecule has 0 aliphatic heterocycles. The zero-order valence-electron chi connectivity index (χ0n) is 78.3. The van der Waals surface area contributed by atoms with Crippen molar-refractivity contribution >= 4 is 227 Å². The Kier molecular flexibility index (Phi) is 17.9. The van der Waals surface area contributed by atoms with E-state index in [4.69, 9.17) is 34.3 Å². The Hall–Kier alpha value is -19.4. The number of nitrogens with zero attached hydrogens (tertiary/aromatic N) is 10. The number of aromatic nitrogens is 10. The number of furan rings is 1. The van der Waals surface area contributed by atoms with E-state index in [-0.39, 0.29) is 0 Å². The molecule has 0 radical (unpaired) electrons. The minimum absolute atomic E-state index is 0.560. The Labute approximate surface area is 837 Å². The summed E-state index contributed by atoms with van der Waals surface area (Å²) in [4.78, 5) is 33.0. The smallest absolute Gasteiger partial charge is 0.238 e. The molecule has 24 aromatic carbocycles. The van der Waals surface area contributed by atoms with Gasteiger partial charge in [0.2, 0.25) is 11.9 Å². The van der Waals surface area contributed by atoms with Crippen molar-refractivity contribution in [3.8, 4) is 91.1 Å². The van der Waals surface area contributed by atoms with E-state index in [0.29, 0.717) is 35.2 Å². The minimum Gasteiger partial charge on any atom is -0.456 e. The second-order valence-corrected chi connectivity index (χ2v) is 39.3. The first-order valence-electron chi connectivity index (χ1n) is 49.5. The van der Waals surface area contributed by atoms with E-state index in [0.717, 1.165) is 197 Å². The second kappa shape index (κ2) is 32.1. The van der Waals surface area contributed by atoms with Crippen LogP contribution < -0.4 is 0 Å². The molecular weight excluding hydrogens is 1800 g/mol. The van der Waals surface area contributed by atoms with Crippen LogP contribution in [0.4, 0.5) is 0 Å². The highest BCUT2D eigenvalue weighted by Gasteiger charge is 2.28. The van der Waals surface area contributed by atoms with Crippen LogP contribution >= 0.6 is 11.3 Å². The van der Waals surface area contributed by atoms with Crippen molar-refractivity contribution in [3.05, 3.63) is 473 Å². The Balaban J connectivity index is 0.000000133. The summed E-state index contributed by atoms with van der Waals surface area (Å²) in [5.74, 6) is 3.61. The monoisotopic (exact) mass is 1870 g/mol. The van der Waals surface area contributed by atoms with Crippen molar-refractivity contribution in [2.45, 2.75) is 0 Å². The maximum absolute atomic E-state index is 6.23. The van der Waals surface area contributed by atoms with E-state index in [9.17, 15) is 0 Å².